The van der Waals surface area contributed by atoms with Crippen molar-refractivity contribution in [2.45, 2.75) is 87.7 Å². The minimum atomic E-state index is -0.677. The van der Waals surface area contributed by atoms with Crippen LogP contribution in [0.3, 0.4) is 0 Å². The molecular formula is C23H39FN2O3. The number of morpholine rings is 1. The number of hydrogen-bond acceptors (Lipinski definition) is 5. The second-order valence-electron chi connectivity index (χ2n) is 10.1. The van der Waals surface area contributed by atoms with Crippen molar-refractivity contribution in [3.63, 3.8) is 0 Å². The maximum absolute atomic E-state index is 14.9. The average Bonchev–Trinajstić information content (AvgIpc) is 3.07. The third-order valence-electron chi connectivity index (χ3n) is 8.50. The van der Waals surface area contributed by atoms with Crippen LogP contribution in [0.15, 0.2) is 0 Å². The van der Waals surface area contributed by atoms with Crippen LogP contribution in [0.1, 0.15) is 57.8 Å². The number of rotatable bonds is 0. The van der Waals surface area contributed by atoms with Gasteiger partial charge in [-0.25, -0.2) is 4.39 Å². The Morgan fingerprint density at radius 1 is 0.931 bits per heavy atom. The lowest BCUT2D eigenvalue weighted by molar-refractivity contribution is -0.0921. The van der Waals surface area contributed by atoms with E-state index in [4.69, 9.17) is 14.2 Å². The van der Waals surface area contributed by atoms with E-state index >= 15 is 0 Å². The molecule has 3 unspecified atom stereocenters. The van der Waals surface area contributed by atoms with E-state index in [1.807, 2.05) is 0 Å². The van der Waals surface area contributed by atoms with E-state index < -0.39 is 6.17 Å². The molecule has 6 heteroatoms. The SMILES string of the molecule is FC1CCCC2OCCCN3CC[C@]4(COCCN4)[C@H]3COC3CCC(CC3)C12. The first-order valence-corrected chi connectivity index (χ1v) is 12.2. The summed E-state index contributed by atoms with van der Waals surface area (Å²) in [6.07, 6.45) is 9.00. The van der Waals surface area contributed by atoms with Gasteiger partial charge in [0.2, 0.25) is 0 Å². The summed E-state index contributed by atoms with van der Waals surface area (Å²) in [5, 5.41) is 3.79. The molecule has 2 saturated carbocycles. The van der Waals surface area contributed by atoms with Crippen molar-refractivity contribution >= 4 is 0 Å². The minimum Gasteiger partial charge on any atom is -0.378 e. The van der Waals surface area contributed by atoms with Crippen LogP contribution in [0.2, 0.25) is 0 Å². The predicted octanol–water partition coefficient (Wildman–Crippen LogP) is 2.92. The Kier molecular flexibility index (Phi) is 6.45. The van der Waals surface area contributed by atoms with Crippen molar-refractivity contribution in [2.75, 3.05) is 46.1 Å². The van der Waals surface area contributed by atoms with Crippen LogP contribution in [0, 0.1) is 11.8 Å². The summed E-state index contributed by atoms with van der Waals surface area (Å²) < 4.78 is 33.7. The van der Waals surface area contributed by atoms with Crippen LogP contribution in [0.5, 0.6) is 0 Å². The quantitative estimate of drug-likeness (QED) is 0.665. The molecule has 0 radical (unpaired) electrons. The number of ether oxygens (including phenoxy) is 3. The Hall–Kier alpha value is -0.270. The Morgan fingerprint density at radius 2 is 1.83 bits per heavy atom. The second kappa shape index (κ2) is 9.07. The highest BCUT2D eigenvalue weighted by atomic mass is 19.1. The van der Waals surface area contributed by atoms with E-state index in [1.165, 1.54) is 0 Å². The van der Waals surface area contributed by atoms with Crippen molar-refractivity contribution in [2.24, 2.45) is 11.8 Å². The highest BCUT2D eigenvalue weighted by molar-refractivity contribution is 5.07. The molecule has 4 aliphatic heterocycles. The minimum absolute atomic E-state index is 0.0449. The van der Waals surface area contributed by atoms with Crippen LogP contribution in [-0.4, -0.2) is 80.9 Å². The second-order valence-corrected chi connectivity index (χ2v) is 10.1. The molecule has 4 saturated heterocycles. The number of hydrogen-bond donors (Lipinski definition) is 1. The van der Waals surface area contributed by atoms with Gasteiger partial charge in [0.25, 0.3) is 0 Å². The fraction of sp³-hybridized carbons (Fsp3) is 1.00. The molecule has 0 aromatic heterocycles. The number of halogens is 1. The van der Waals surface area contributed by atoms with E-state index in [1.54, 1.807) is 0 Å². The smallest absolute Gasteiger partial charge is 0.106 e. The monoisotopic (exact) mass is 410 g/mol. The number of nitrogens with one attached hydrogen (secondary N) is 1. The molecule has 29 heavy (non-hydrogen) atoms. The van der Waals surface area contributed by atoms with Gasteiger partial charge in [0.15, 0.2) is 0 Å². The molecule has 6 aliphatic rings. The molecule has 2 bridgehead atoms. The molecular weight excluding hydrogens is 371 g/mol. The Morgan fingerprint density at radius 3 is 2.66 bits per heavy atom. The maximum atomic E-state index is 14.9. The predicted molar refractivity (Wildman–Crippen MR) is 110 cm³/mol. The highest BCUT2D eigenvalue weighted by Crippen LogP contribution is 2.42. The Balaban J connectivity index is 1.30. The molecule has 6 fully saturated rings. The first-order valence-electron chi connectivity index (χ1n) is 12.2. The highest BCUT2D eigenvalue weighted by Gasteiger charge is 2.49. The third kappa shape index (κ3) is 4.25. The topological polar surface area (TPSA) is 43.0 Å². The Labute approximate surface area is 175 Å². The fourth-order valence-corrected chi connectivity index (χ4v) is 6.89. The van der Waals surface area contributed by atoms with Gasteiger partial charge in [-0.3, -0.25) is 4.90 Å². The Bertz CT molecular complexity index is 536. The molecule has 1 spiro atoms. The lowest BCUT2D eigenvalue weighted by Gasteiger charge is -2.44. The number of nitrogens with zero attached hydrogens (tertiary/aromatic N) is 1. The molecule has 4 heterocycles. The van der Waals surface area contributed by atoms with Crippen LogP contribution in [-0.2, 0) is 14.2 Å². The van der Waals surface area contributed by atoms with E-state index in [-0.39, 0.29) is 17.6 Å². The van der Waals surface area contributed by atoms with Crippen molar-refractivity contribution in [3.8, 4) is 0 Å². The molecule has 0 aromatic carbocycles. The van der Waals surface area contributed by atoms with Crippen LogP contribution < -0.4 is 5.32 Å². The molecule has 1 N–H and O–H groups in total. The van der Waals surface area contributed by atoms with Gasteiger partial charge in [-0.15, -0.1) is 0 Å². The molecule has 6 rings (SSSR count). The van der Waals surface area contributed by atoms with E-state index in [9.17, 15) is 4.39 Å². The molecule has 5 nitrogen and oxygen atoms in total. The summed E-state index contributed by atoms with van der Waals surface area (Å²) in [7, 11) is 0. The molecule has 166 valence electrons. The van der Waals surface area contributed by atoms with Gasteiger partial charge in [-0.1, -0.05) is 0 Å². The van der Waals surface area contributed by atoms with Crippen molar-refractivity contribution in [1.82, 2.24) is 10.2 Å². The average molecular weight is 411 g/mol. The summed E-state index contributed by atoms with van der Waals surface area (Å²) in [5.41, 5.74) is 0.0449. The van der Waals surface area contributed by atoms with Gasteiger partial charge in [-0.05, 0) is 63.7 Å². The lowest BCUT2D eigenvalue weighted by Crippen LogP contribution is -2.62. The normalized spacial score (nSPS) is 47.5. The van der Waals surface area contributed by atoms with Gasteiger partial charge >= 0.3 is 0 Å². The van der Waals surface area contributed by atoms with E-state index in [0.29, 0.717) is 18.1 Å². The largest absolute Gasteiger partial charge is 0.378 e. The zero-order chi connectivity index (χ0) is 19.7. The molecule has 0 aromatic rings. The molecule has 5 atom stereocenters. The summed E-state index contributed by atoms with van der Waals surface area (Å²) in [6.45, 7) is 6.20. The van der Waals surface area contributed by atoms with Gasteiger partial charge in [0.1, 0.15) is 6.17 Å². The van der Waals surface area contributed by atoms with Crippen molar-refractivity contribution < 1.29 is 18.6 Å². The zero-order valence-corrected chi connectivity index (χ0v) is 17.8. The van der Waals surface area contributed by atoms with Gasteiger partial charge < -0.3 is 19.5 Å². The van der Waals surface area contributed by atoms with Gasteiger partial charge in [0, 0.05) is 32.2 Å². The zero-order valence-electron chi connectivity index (χ0n) is 17.8. The third-order valence-corrected chi connectivity index (χ3v) is 8.50. The maximum Gasteiger partial charge on any atom is 0.106 e. The number of fused-ring (bicyclic) bond motifs is 6. The fourth-order valence-electron chi connectivity index (χ4n) is 6.89. The molecule has 2 aliphatic carbocycles. The summed E-state index contributed by atoms with van der Waals surface area (Å²) >= 11 is 0. The summed E-state index contributed by atoms with van der Waals surface area (Å²) in [6, 6.07) is 0.376. The standard InChI is InChI=1S/C23H39FN2O3/c24-19-3-1-4-20-22(19)17-5-7-18(8-6-17)29-15-21-23(16-27-14-10-25-23)9-12-26(21)11-2-13-28-20/h17-22,25H,1-16H2/t17?,18?,19?,20?,21-,22?,23+/m1/s1. The first-order chi connectivity index (χ1) is 14.3. The molecule has 0 amide bonds. The van der Waals surface area contributed by atoms with Crippen LogP contribution >= 0.6 is 0 Å². The first kappa shape index (κ1) is 20.6. The summed E-state index contributed by atoms with van der Waals surface area (Å²) in [4.78, 5) is 2.60. The van der Waals surface area contributed by atoms with Gasteiger partial charge in [-0.2, -0.15) is 0 Å². The van der Waals surface area contributed by atoms with Crippen LogP contribution in [0.25, 0.3) is 0 Å². The van der Waals surface area contributed by atoms with Gasteiger partial charge in [0.05, 0.1) is 43.6 Å². The van der Waals surface area contributed by atoms with Crippen molar-refractivity contribution in [3.05, 3.63) is 0 Å². The van der Waals surface area contributed by atoms with Crippen LogP contribution in [0.4, 0.5) is 4.39 Å². The van der Waals surface area contributed by atoms with E-state index in [0.717, 1.165) is 104 Å². The van der Waals surface area contributed by atoms with Crippen molar-refractivity contribution in [1.29, 1.82) is 0 Å². The van der Waals surface area contributed by atoms with E-state index in [2.05, 4.69) is 10.2 Å². The number of alkyl halides is 1. The lowest BCUT2D eigenvalue weighted by atomic mass is 9.70. The summed E-state index contributed by atoms with van der Waals surface area (Å²) in [5.74, 6) is 0.583.